The first kappa shape index (κ1) is 9.05. The molecule has 1 N–H and O–H groups in total. The number of hydrogen-bond donors (Lipinski definition) is 1. The Kier molecular flexibility index (Phi) is 3.92. The molecule has 0 aromatic rings. The summed E-state index contributed by atoms with van der Waals surface area (Å²) in [6.07, 6.45) is 7.03. The Bertz CT molecular complexity index is 101. The van der Waals surface area contributed by atoms with Crippen molar-refractivity contribution in [3.8, 4) is 0 Å². The van der Waals surface area contributed by atoms with Gasteiger partial charge in [0, 0.05) is 6.04 Å². The smallest absolute Gasteiger partial charge is 0.00388 e. The molecular weight excluding hydrogens is 134 g/mol. The average molecular weight is 155 g/mol. The monoisotopic (exact) mass is 155 g/mol. The first-order valence-electron chi connectivity index (χ1n) is 5.06. The van der Waals surface area contributed by atoms with Gasteiger partial charge in [-0.25, -0.2) is 0 Å². The topological polar surface area (TPSA) is 12.0 Å². The summed E-state index contributed by atoms with van der Waals surface area (Å²) in [6, 6.07) is 0.761. The molecule has 2 atom stereocenters. The molecule has 1 heteroatoms. The highest BCUT2D eigenvalue weighted by atomic mass is 14.9. The Labute approximate surface area is 70.6 Å². The SMILES string of the molecule is CCC[C@@H]1CCN[C@H](C)CC1. The highest BCUT2D eigenvalue weighted by Gasteiger charge is 2.13. The molecule has 1 aliphatic rings. The van der Waals surface area contributed by atoms with Gasteiger partial charge in [0.05, 0.1) is 0 Å². The van der Waals surface area contributed by atoms with Gasteiger partial charge < -0.3 is 5.32 Å². The van der Waals surface area contributed by atoms with Gasteiger partial charge in [-0.15, -0.1) is 0 Å². The summed E-state index contributed by atoms with van der Waals surface area (Å²) in [5, 5.41) is 3.53. The van der Waals surface area contributed by atoms with E-state index >= 15 is 0 Å². The van der Waals surface area contributed by atoms with E-state index in [0.717, 1.165) is 12.0 Å². The van der Waals surface area contributed by atoms with E-state index in [0.29, 0.717) is 0 Å². The lowest BCUT2D eigenvalue weighted by molar-refractivity contribution is 0.430. The van der Waals surface area contributed by atoms with Gasteiger partial charge in [-0.3, -0.25) is 0 Å². The van der Waals surface area contributed by atoms with Crippen molar-refractivity contribution in [2.24, 2.45) is 5.92 Å². The van der Waals surface area contributed by atoms with Crippen molar-refractivity contribution in [3.63, 3.8) is 0 Å². The standard InChI is InChI=1S/C10H21N/c1-3-4-10-6-5-9(2)11-8-7-10/h9-11H,3-8H2,1-2H3/t9-,10+/m1/s1. The molecule has 0 radical (unpaired) electrons. The van der Waals surface area contributed by atoms with Crippen LogP contribution in [-0.4, -0.2) is 12.6 Å². The fourth-order valence-corrected chi connectivity index (χ4v) is 1.96. The van der Waals surface area contributed by atoms with Crippen LogP contribution in [0, 0.1) is 5.92 Å². The molecule has 0 saturated carbocycles. The molecule has 11 heavy (non-hydrogen) atoms. The zero-order valence-corrected chi connectivity index (χ0v) is 7.90. The fourth-order valence-electron chi connectivity index (χ4n) is 1.96. The second kappa shape index (κ2) is 4.76. The van der Waals surface area contributed by atoms with E-state index < -0.39 is 0 Å². The van der Waals surface area contributed by atoms with Crippen LogP contribution in [0.3, 0.4) is 0 Å². The minimum Gasteiger partial charge on any atom is -0.314 e. The lowest BCUT2D eigenvalue weighted by Gasteiger charge is -2.11. The first-order chi connectivity index (χ1) is 5.33. The number of rotatable bonds is 2. The van der Waals surface area contributed by atoms with Crippen LogP contribution in [0.1, 0.15) is 46.0 Å². The Morgan fingerprint density at radius 1 is 1.27 bits per heavy atom. The van der Waals surface area contributed by atoms with Crippen molar-refractivity contribution >= 4 is 0 Å². The third-order valence-electron chi connectivity index (χ3n) is 2.75. The molecule has 1 fully saturated rings. The van der Waals surface area contributed by atoms with Crippen molar-refractivity contribution in [1.82, 2.24) is 5.32 Å². The summed E-state index contributed by atoms with van der Waals surface area (Å²) in [7, 11) is 0. The zero-order valence-electron chi connectivity index (χ0n) is 7.90. The van der Waals surface area contributed by atoms with Crippen LogP contribution in [0.4, 0.5) is 0 Å². The molecule has 1 aliphatic heterocycles. The maximum Gasteiger partial charge on any atom is 0.00388 e. The number of nitrogens with one attached hydrogen (secondary N) is 1. The first-order valence-corrected chi connectivity index (χ1v) is 5.06. The van der Waals surface area contributed by atoms with E-state index in [2.05, 4.69) is 19.2 Å². The summed E-state index contributed by atoms with van der Waals surface area (Å²) in [4.78, 5) is 0. The Morgan fingerprint density at radius 2 is 2.09 bits per heavy atom. The fraction of sp³-hybridized carbons (Fsp3) is 1.00. The lowest BCUT2D eigenvalue weighted by Crippen LogP contribution is -2.24. The van der Waals surface area contributed by atoms with Gasteiger partial charge in [-0.05, 0) is 38.6 Å². The van der Waals surface area contributed by atoms with E-state index in [1.54, 1.807) is 0 Å². The molecule has 0 aromatic carbocycles. The molecule has 66 valence electrons. The molecule has 1 heterocycles. The highest BCUT2D eigenvalue weighted by Crippen LogP contribution is 2.20. The van der Waals surface area contributed by atoms with Crippen molar-refractivity contribution < 1.29 is 0 Å². The Hall–Kier alpha value is -0.0400. The van der Waals surface area contributed by atoms with E-state index in [4.69, 9.17) is 0 Å². The molecule has 1 nitrogen and oxygen atoms in total. The van der Waals surface area contributed by atoms with Crippen molar-refractivity contribution in [1.29, 1.82) is 0 Å². The highest BCUT2D eigenvalue weighted by molar-refractivity contribution is 4.71. The minimum absolute atomic E-state index is 0.761. The quantitative estimate of drug-likeness (QED) is 0.646. The molecule has 0 unspecified atom stereocenters. The summed E-state index contributed by atoms with van der Waals surface area (Å²) < 4.78 is 0. The van der Waals surface area contributed by atoms with Crippen LogP contribution in [-0.2, 0) is 0 Å². The summed E-state index contributed by atoms with van der Waals surface area (Å²) >= 11 is 0. The predicted molar refractivity (Wildman–Crippen MR) is 49.7 cm³/mol. The third-order valence-corrected chi connectivity index (χ3v) is 2.75. The maximum atomic E-state index is 3.53. The maximum absolute atomic E-state index is 3.53. The van der Waals surface area contributed by atoms with Crippen molar-refractivity contribution in [3.05, 3.63) is 0 Å². The van der Waals surface area contributed by atoms with Crippen LogP contribution in [0.15, 0.2) is 0 Å². The van der Waals surface area contributed by atoms with Gasteiger partial charge in [0.1, 0.15) is 0 Å². The summed E-state index contributed by atoms with van der Waals surface area (Å²) in [5.41, 5.74) is 0. The van der Waals surface area contributed by atoms with Crippen LogP contribution in [0.25, 0.3) is 0 Å². The second-order valence-corrected chi connectivity index (χ2v) is 3.88. The lowest BCUT2D eigenvalue weighted by atomic mass is 9.95. The van der Waals surface area contributed by atoms with Gasteiger partial charge in [0.25, 0.3) is 0 Å². The van der Waals surface area contributed by atoms with Crippen molar-refractivity contribution in [2.45, 2.75) is 52.0 Å². The van der Waals surface area contributed by atoms with E-state index in [1.807, 2.05) is 0 Å². The van der Waals surface area contributed by atoms with Gasteiger partial charge >= 0.3 is 0 Å². The van der Waals surface area contributed by atoms with Gasteiger partial charge in [0.2, 0.25) is 0 Å². The van der Waals surface area contributed by atoms with E-state index in [9.17, 15) is 0 Å². The zero-order chi connectivity index (χ0) is 8.10. The summed E-state index contributed by atoms with van der Waals surface area (Å²) in [6.45, 7) is 5.84. The molecule has 0 aliphatic carbocycles. The van der Waals surface area contributed by atoms with Gasteiger partial charge in [0.15, 0.2) is 0 Å². The minimum atomic E-state index is 0.761. The van der Waals surface area contributed by atoms with Crippen LogP contribution < -0.4 is 5.32 Å². The molecule has 0 aromatic heterocycles. The Morgan fingerprint density at radius 3 is 2.82 bits per heavy atom. The van der Waals surface area contributed by atoms with Gasteiger partial charge in [-0.2, -0.15) is 0 Å². The van der Waals surface area contributed by atoms with Crippen LogP contribution >= 0.6 is 0 Å². The molecular formula is C10H21N. The molecule has 1 rings (SSSR count). The van der Waals surface area contributed by atoms with Crippen molar-refractivity contribution in [2.75, 3.05) is 6.54 Å². The summed E-state index contributed by atoms with van der Waals surface area (Å²) in [5.74, 6) is 1.01. The van der Waals surface area contributed by atoms with Crippen LogP contribution in [0.5, 0.6) is 0 Å². The second-order valence-electron chi connectivity index (χ2n) is 3.88. The van der Waals surface area contributed by atoms with E-state index in [-0.39, 0.29) is 0 Å². The largest absolute Gasteiger partial charge is 0.314 e. The van der Waals surface area contributed by atoms with Gasteiger partial charge in [-0.1, -0.05) is 19.8 Å². The molecule has 1 saturated heterocycles. The third kappa shape index (κ3) is 3.24. The average Bonchev–Trinajstić information content (AvgIpc) is 2.17. The van der Waals surface area contributed by atoms with Crippen LogP contribution in [0.2, 0.25) is 0 Å². The van der Waals surface area contributed by atoms with E-state index in [1.165, 1.54) is 38.6 Å². The Balaban J connectivity index is 2.22. The normalized spacial score (nSPS) is 33.3. The molecule has 0 amide bonds. The molecule has 0 bridgehead atoms. The predicted octanol–water partition coefficient (Wildman–Crippen LogP) is 2.56. The molecule has 0 spiro atoms. The number of hydrogen-bond acceptors (Lipinski definition) is 1.